The van der Waals surface area contributed by atoms with Gasteiger partial charge in [-0.3, -0.25) is 9.59 Å². The van der Waals surface area contributed by atoms with Gasteiger partial charge in [-0.25, -0.2) is 4.99 Å². The van der Waals surface area contributed by atoms with Crippen LogP contribution < -0.4 is 5.32 Å². The number of amidine groups is 1. The molecule has 0 aromatic heterocycles. The average Bonchev–Trinajstić information content (AvgIpc) is 2.62. The van der Waals surface area contributed by atoms with Gasteiger partial charge in [-0.1, -0.05) is 11.8 Å². The Kier molecular flexibility index (Phi) is 3.52. The Labute approximate surface area is 107 Å². The molecule has 1 fully saturated rings. The van der Waals surface area contributed by atoms with E-state index in [0.29, 0.717) is 10.9 Å². The van der Waals surface area contributed by atoms with E-state index in [4.69, 9.17) is 10.2 Å². The minimum Gasteiger partial charge on any atom is -0.508 e. The number of rotatable bonds is 3. The molecule has 1 aromatic rings. The molecular formula is C11H10N2O4S. The molecule has 3 N–H and O–H groups in total. The van der Waals surface area contributed by atoms with Crippen molar-refractivity contribution in [2.24, 2.45) is 4.99 Å². The van der Waals surface area contributed by atoms with Crippen molar-refractivity contribution < 1.29 is 19.8 Å². The number of carbonyl (C=O) groups excluding carboxylic acids is 1. The largest absolute Gasteiger partial charge is 0.508 e. The van der Waals surface area contributed by atoms with Gasteiger partial charge in [0, 0.05) is 0 Å². The molecule has 1 aliphatic heterocycles. The van der Waals surface area contributed by atoms with Crippen LogP contribution in [0.25, 0.3) is 0 Å². The van der Waals surface area contributed by atoms with E-state index in [2.05, 4.69) is 10.3 Å². The summed E-state index contributed by atoms with van der Waals surface area (Å²) in [4.78, 5) is 26.1. The quantitative estimate of drug-likeness (QED) is 0.760. The van der Waals surface area contributed by atoms with E-state index in [0.717, 1.165) is 11.8 Å². The smallest absolute Gasteiger partial charge is 0.305 e. The summed E-state index contributed by atoms with van der Waals surface area (Å²) in [5.74, 6) is -1.24. The van der Waals surface area contributed by atoms with Gasteiger partial charge < -0.3 is 15.5 Å². The number of hydrogen-bond donors (Lipinski definition) is 3. The molecular weight excluding hydrogens is 256 g/mol. The van der Waals surface area contributed by atoms with Crippen LogP contribution in [-0.2, 0) is 9.59 Å². The lowest BCUT2D eigenvalue weighted by Gasteiger charge is -1.98. The highest BCUT2D eigenvalue weighted by Crippen LogP contribution is 2.25. The Morgan fingerprint density at radius 1 is 1.39 bits per heavy atom. The number of benzene rings is 1. The summed E-state index contributed by atoms with van der Waals surface area (Å²) in [6.45, 7) is 0. The molecule has 1 aliphatic rings. The van der Waals surface area contributed by atoms with E-state index in [-0.39, 0.29) is 18.1 Å². The van der Waals surface area contributed by atoms with Gasteiger partial charge in [0.05, 0.1) is 12.1 Å². The number of aromatic hydroxyl groups is 1. The normalized spacial score (nSPS) is 21.0. The number of amides is 1. The second-order valence-electron chi connectivity index (χ2n) is 3.63. The van der Waals surface area contributed by atoms with Crippen LogP contribution in [0.2, 0.25) is 0 Å². The minimum absolute atomic E-state index is 0.130. The Hall–Kier alpha value is -2.02. The van der Waals surface area contributed by atoms with Gasteiger partial charge in [-0.2, -0.15) is 0 Å². The molecule has 0 radical (unpaired) electrons. The fraction of sp³-hybridized carbons (Fsp3) is 0.182. The molecule has 0 spiro atoms. The molecule has 1 aromatic carbocycles. The lowest BCUT2D eigenvalue weighted by atomic mass is 10.3. The van der Waals surface area contributed by atoms with E-state index in [1.807, 2.05) is 0 Å². The van der Waals surface area contributed by atoms with Crippen LogP contribution in [-0.4, -0.2) is 32.5 Å². The zero-order valence-corrected chi connectivity index (χ0v) is 9.98. The van der Waals surface area contributed by atoms with Gasteiger partial charge in [-0.05, 0) is 24.3 Å². The van der Waals surface area contributed by atoms with Crippen molar-refractivity contribution in [2.75, 3.05) is 0 Å². The highest BCUT2D eigenvalue weighted by Gasteiger charge is 2.31. The van der Waals surface area contributed by atoms with Crippen molar-refractivity contribution in [3.63, 3.8) is 0 Å². The zero-order chi connectivity index (χ0) is 13.1. The fourth-order valence-corrected chi connectivity index (χ4v) is 2.37. The molecule has 0 unspecified atom stereocenters. The Balaban J connectivity index is 2.09. The lowest BCUT2D eigenvalue weighted by Crippen LogP contribution is -2.26. The van der Waals surface area contributed by atoms with Crippen molar-refractivity contribution in [2.45, 2.75) is 11.7 Å². The van der Waals surface area contributed by atoms with Crippen LogP contribution in [0.4, 0.5) is 5.69 Å². The summed E-state index contributed by atoms with van der Waals surface area (Å²) >= 11 is 1.09. The van der Waals surface area contributed by atoms with Gasteiger partial charge in [-0.15, -0.1) is 0 Å². The van der Waals surface area contributed by atoms with Crippen molar-refractivity contribution in [3.05, 3.63) is 24.3 Å². The number of phenolic OH excluding ortho intramolecular Hbond substituents is 1. The minimum atomic E-state index is -1.02. The van der Waals surface area contributed by atoms with Crippen molar-refractivity contribution in [1.29, 1.82) is 0 Å². The second-order valence-corrected chi connectivity index (χ2v) is 4.82. The van der Waals surface area contributed by atoms with Gasteiger partial charge in [0.25, 0.3) is 0 Å². The van der Waals surface area contributed by atoms with Crippen LogP contribution in [0.3, 0.4) is 0 Å². The number of aliphatic imine (C=N–C) groups is 1. The number of carbonyl (C=O) groups is 2. The van der Waals surface area contributed by atoms with Crippen molar-refractivity contribution in [3.8, 4) is 5.75 Å². The van der Waals surface area contributed by atoms with E-state index in [1.54, 1.807) is 12.1 Å². The lowest BCUT2D eigenvalue weighted by molar-refractivity contribution is -0.138. The molecule has 1 saturated heterocycles. The number of hydrogen-bond acceptors (Lipinski definition) is 5. The molecule has 94 valence electrons. The first-order valence-corrected chi connectivity index (χ1v) is 5.99. The number of carboxylic acid groups (broad SMARTS) is 1. The third kappa shape index (κ3) is 3.01. The predicted molar refractivity (Wildman–Crippen MR) is 67.0 cm³/mol. The summed E-state index contributed by atoms with van der Waals surface area (Å²) in [5, 5.41) is 20.0. The van der Waals surface area contributed by atoms with Crippen LogP contribution in [0.15, 0.2) is 29.3 Å². The first-order chi connectivity index (χ1) is 8.54. The first kappa shape index (κ1) is 12.4. The molecule has 0 bridgehead atoms. The third-order valence-corrected chi connectivity index (χ3v) is 3.30. The molecule has 0 aliphatic carbocycles. The molecule has 18 heavy (non-hydrogen) atoms. The monoisotopic (exact) mass is 266 g/mol. The predicted octanol–water partition coefficient (Wildman–Crippen LogP) is 1.09. The van der Waals surface area contributed by atoms with E-state index in [9.17, 15) is 9.59 Å². The molecule has 0 saturated carbocycles. The molecule has 6 nitrogen and oxygen atoms in total. The first-order valence-electron chi connectivity index (χ1n) is 5.11. The molecule has 2 rings (SSSR count). The third-order valence-electron chi connectivity index (χ3n) is 2.22. The summed E-state index contributed by atoms with van der Waals surface area (Å²) < 4.78 is 0. The van der Waals surface area contributed by atoms with Gasteiger partial charge in [0.1, 0.15) is 11.0 Å². The summed E-state index contributed by atoms with van der Waals surface area (Å²) in [6.07, 6.45) is -0.231. The maximum Gasteiger partial charge on any atom is 0.305 e. The maximum atomic E-state index is 11.4. The van der Waals surface area contributed by atoms with E-state index < -0.39 is 11.2 Å². The number of carboxylic acids is 1. The Morgan fingerprint density at radius 3 is 2.67 bits per heavy atom. The van der Waals surface area contributed by atoms with Crippen LogP contribution in [0.5, 0.6) is 5.75 Å². The van der Waals surface area contributed by atoms with Crippen LogP contribution in [0.1, 0.15) is 6.42 Å². The number of nitrogens with zero attached hydrogens (tertiary/aromatic N) is 1. The van der Waals surface area contributed by atoms with Gasteiger partial charge >= 0.3 is 5.97 Å². The van der Waals surface area contributed by atoms with E-state index in [1.165, 1.54) is 12.1 Å². The van der Waals surface area contributed by atoms with Crippen LogP contribution in [0, 0.1) is 0 Å². The number of phenols is 1. The molecule has 1 amide bonds. The van der Waals surface area contributed by atoms with Crippen LogP contribution >= 0.6 is 11.8 Å². The number of nitrogens with one attached hydrogen (secondary N) is 1. The second kappa shape index (κ2) is 5.09. The molecule has 7 heteroatoms. The highest BCUT2D eigenvalue weighted by molar-refractivity contribution is 8.15. The number of thioether (sulfide) groups is 1. The van der Waals surface area contributed by atoms with E-state index >= 15 is 0 Å². The summed E-state index contributed by atoms with van der Waals surface area (Å²) in [5.41, 5.74) is 0.576. The Morgan fingerprint density at radius 2 is 2.06 bits per heavy atom. The average molecular weight is 266 g/mol. The molecule has 1 atom stereocenters. The SMILES string of the molecule is O=C(O)C[C@@H]1SC(=Nc2ccc(O)cc2)NC1=O. The molecule has 1 heterocycles. The van der Waals surface area contributed by atoms with Crippen molar-refractivity contribution >= 4 is 34.5 Å². The van der Waals surface area contributed by atoms with Gasteiger partial charge in [0.2, 0.25) is 5.91 Å². The Bertz CT molecular complexity index is 512. The summed E-state index contributed by atoms with van der Waals surface area (Å²) in [7, 11) is 0. The maximum absolute atomic E-state index is 11.4. The zero-order valence-electron chi connectivity index (χ0n) is 9.16. The fourth-order valence-electron chi connectivity index (χ4n) is 1.40. The highest BCUT2D eigenvalue weighted by atomic mass is 32.2. The number of aliphatic carboxylic acids is 1. The van der Waals surface area contributed by atoms with Gasteiger partial charge in [0.15, 0.2) is 5.17 Å². The topological polar surface area (TPSA) is 99.0 Å². The summed E-state index contributed by atoms with van der Waals surface area (Å²) in [6, 6.07) is 6.16. The standard InChI is InChI=1S/C11H10N2O4S/c14-7-3-1-6(2-4-7)12-11-13-10(17)8(18-11)5-9(15)16/h1-4,8,14H,5H2,(H,15,16)(H,12,13,17)/t8-/m0/s1. The van der Waals surface area contributed by atoms with Crippen molar-refractivity contribution in [1.82, 2.24) is 5.32 Å².